The van der Waals surface area contributed by atoms with Gasteiger partial charge in [0.2, 0.25) is 0 Å². The Kier molecular flexibility index (Phi) is 3.55. The average molecular weight is 260 g/mol. The molecule has 2 nitrogen and oxygen atoms in total. The van der Waals surface area contributed by atoms with E-state index in [2.05, 4.69) is 41.2 Å². The minimum Gasteiger partial charge on any atom is -0.283 e. The van der Waals surface area contributed by atoms with Crippen molar-refractivity contribution in [2.75, 3.05) is 0 Å². The number of hydrogen-bond acceptors (Lipinski definition) is 2. The van der Waals surface area contributed by atoms with Gasteiger partial charge in [0.15, 0.2) is 0 Å². The molecule has 20 heavy (non-hydrogen) atoms. The van der Waals surface area contributed by atoms with Crippen LogP contribution >= 0.6 is 0 Å². The summed E-state index contributed by atoms with van der Waals surface area (Å²) in [5.74, 6) is 0. The van der Waals surface area contributed by atoms with Gasteiger partial charge in [-0.2, -0.15) is 0 Å². The third-order valence-corrected chi connectivity index (χ3v) is 3.33. The molecule has 2 aromatic carbocycles. The summed E-state index contributed by atoms with van der Waals surface area (Å²) < 4.78 is 0. The Labute approximate surface area is 118 Å². The lowest BCUT2D eigenvalue weighted by molar-refractivity contribution is 0.824. The van der Waals surface area contributed by atoms with Crippen LogP contribution in [-0.4, -0.2) is 11.2 Å². The van der Waals surface area contributed by atoms with E-state index in [-0.39, 0.29) is 6.04 Å². The number of aromatic nitrogens is 1. The molecule has 98 valence electrons. The summed E-state index contributed by atoms with van der Waals surface area (Å²) in [6.07, 6.45) is 1.85. The highest BCUT2D eigenvalue weighted by atomic mass is 14.8. The molecule has 0 aliphatic heterocycles. The zero-order chi connectivity index (χ0) is 13.8. The highest BCUT2D eigenvalue weighted by Gasteiger charge is 2.01. The fourth-order valence-corrected chi connectivity index (χ4v) is 2.16. The molecule has 0 aliphatic rings. The van der Waals surface area contributed by atoms with Crippen molar-refractivity contribution in [2.24, 2.45) is 4.99 Å². The SMILES string of the molecule is CC(N=Cc1ccc2ccccc2n1)c1ccccc1. The van der Waals surface area contributed by atoms with Crippen molar-refractivity contribution in [1.82, 2.24) is 4.98 Å². The van der Waals surface area contributed by atoms with Gasteiger partial charge in [0, 0.05) is 11.6 Å². The zero-order valence-corrected chi connectivity index (χ0v) is 11.4. The van der Waals surface area contributed by atoms with E-state index in [9.17, 15) is 0 Å². The molecule has 0 aliphatic carbocycles. The molecule has 0 saturated carbocycles. The Hall–Kier alpha value is -2.48. The zero-order valence-electron chi connectivity index (χ0n) is 11.4. The van der Waals surface area contributed by atoms with Gasteiger partial charge in [-0.25, -0.2) is 4.98 Å². The largest absolute Gasteiger partial charge is 0.283 e. The van der Waals surface area contributed by atoms with Gasteiger partial charge in [-0.3, -0.25) is 4.99 Å². The minimum absolute atomic E-state index is 0.143. The van der Waals surface area contributed by atoms with Crippen molar-refractivity contribution in [3.63, 3.8) is 0 Å². The molecular weight excluding hydrogens is 244 g/mol. The van der Waals surface area contributed by atoms with Crippen molar-refractivity contribution in [3.8, 4) is 0 Å². The van der Waals surface area contributed by atoms with E-state index < -0.39 is 0 Å². The maximum Gasteiger partial charge on any atom is 0.0815 e. The van der Waals surface area contributed by atoms with Crippen LogP contribution in [0.5, 0.6) is 0 Å². The fourth-order valence-electron chi connectivity index (χ4n) is 2.16. The lowest BCUT2D eigenvalue weighted by Crippen LogP contribution is -1.93. The molecule has 0 N–H and O–H groups in total. The first-order chi connectivity index (χ1) is 9.83. The summed E-state index contributed by atoms with van der Waals surface area (Å²) in [7, 11) is 0. The highest BCUT2D eigenvalue weighted by molar-refractivity contribution is 5.85. The van der Waals surface area contributed by atoms with E-state index in [0.29, 0.717) is 0 Å². The standard InChI is InChI=1S/C18H16N2/c1-14(15-7-3-2-4-8-15)19-13-17-12-11-16-9-5-6-10-18(16)20-17/h2-14H,1H3. The van der Waals surface area contributed by atoms with Crippen molar-refractivity contribution < 1.29 is 0 Å². The second-order valence-electron chi connectivity index (χ2n) is 4.79. The normalized spacial score (nSPS) is 12.8. The van der Waals surface area contributed by atoms with Crippen LogP contribution in [0, 0.1) is 0 Å². The molecule has 3 rings (SSSR count). The Morgan fingerprint density at radius 3 is 2.50 bits per heavy atom. The fraction of sp³-hybridized carbons (Fsp3) is 0.111. The van der Waals surface area contributed by atoms with E-state index in [1.54, 1.807) is 0 Å². The van der Waals surface area contributed by atoms with Crippen molar-refractivity contribution in [1.29, 1.82) is 0 Å². The highest BCUT2D eigenvalue weighted by Crippen LogP contribution is 2.16. The summed E-state index contributed by atoms with van der Waals surface area (Å²) in [5.41, 5.74) is 3.11. The minimum atomic E-state index is 0.143. The second-order valence-corrected chi connectivity index (χ2v) is 4.79. The van der Waals surface area contributed by atoms with Gasteiger partial charge in [-0.1, -0.05) is 54.6 Å². The van der Waals surface area contributed by atoms with Gasteiger partial charge in [0.1, 0.15) is 0 Å². The number of rotatable bonds is 3. The van der Waals surface area contributed by atoms with Gasteiger partial charge in [0.25, 0.3) is 0 Å². The third kappa shape index (κ3) is 2.75. The van der Waals surface area contributed by atoms with Crippen LogP contribution in [0.2, 0.25) is 0 Å². The van der Waals surface area contributed by atoms with Gasteiger partial charge >= 0.3 is 0 Å². The monoisotopic (exact) mass is 260 g/mol. The third-order valence-electron chi connectivity index (χ3n) is 3.33. The van der Waals surface area contributed by atoms with Crippen LogP contribution in [0.4, 0.5) is 0 Å². The van der Waals surface area contributed by atoms with Gasteiger partial charge in [-0.15, -0.1) is 0 Å². The van der Waals surface area contributed by atoms with Crippen LogP contribution in [0.1, 0.15) is 24.2 Å². The van der Waals surface area contributed by atoms with Crippen LogP contribution in [-0.2, 0) is 0 Å². The maximum absolute atomic E-state index is 4.59. The number of hydrogen-bond donors (Lipinski definition) is 0. The lowest BCUT2D eigenvalue weighted by atomic mass is 10.1. The smallest absolute Gasteiger partial charge is 0.0815 e. The van der Waals surface area contributed by atoms with Crippen molar-refractivity contribution >= 4 is 17.1 Å². The molecule has 0 radical (unpaired) electrons. The first kappa shape index (κ1) is 12.5. The van der Waals surface area contributed by atoms with Gasteiger partial charge in [0.05, 0.1) is 17.3 Å². The summed E-state index contributed by atoms with van der Waals surface area (Å²) in [4.78, 5) is 9.18. The van der Waals surface area contributed by atoms with Crippen LogP contribution in [0.3, 0.4) is 0 Å². The molecule has 0 amide bonds. The lowest BCUT2D eigenvalue weighted by Gasteiger charge is -2.05. The molecule has 0 saturated heterocycles. The number of pyridine rings is 1. The van der Waals surface area contributed by atoms with Crippen LogP contribution in [0.15, 0.2) is 71.7 Å². The Morgan fingerprint density at radius 2 is 1.65 bits per heavy atom. The van der Waals surface area contributed by atoms with E-state index in [1.807, 2.05) is 48.7 Å². The quantitative estimate of drug-likeness (QED) is 0.640. The number of nitrogens with zero attached hydrogens (tertiary/aromatic N) is 2. The molecule has 0 bridgehead atoms. The first-order valence-corrected chi connectivity index (χ1v) is 6.77. The van der Waals surface area contributed by atoms with E-state index in [1.165, 1.54) is 5.56 Å². The number of fused-ring (bicyclic) bond motifs is 1. The number of benzene rings is 2. The summed E-state index contributed by atoms with van der Waals surface area (Å²) >= 11 is 0. The van der Waals surface area contributed by atoms with Crippen molar-refractivity contribution in [3.05, 3.63) is 78.0 Å². The van der Waals surface area contributed by atoms with Gasteiger partial charge in [-0.05, 0) is 24.6 Å². The molecule has 1 aromatic heterocycles. The van der Waals surface area contributed by atoms with E-state index in [4.69, 9.17) is 0 Å². The van der Waals surface area contributed by atoms with Gasteiger partial charge < -0.3 is 0 Å². The summed E-state index contributed by atoms with van der Waals surface area (Å²) in [6, 6.07) is 22.6. The molecule has 1 heterocycles. The predicted molar refractivity (Wildman–Crippen MR) is 84.2 cm³/mol. The van der Waals surface area contributed by atoms with Crippen LogP contribution in [0.25, 0.3) is 10.9 Å². The summed E-state index contributed by atoms with van der Waals surface area (Å²) in [5, 5.41) is 1.15. The van der Waals surface area contributed by atoms with E-state index >= 15 is 0 Å². The molecule has 2 heteroatoms. The van der Waals surface area contributed by atoms with Crippen molar-refractivity contribution in [2.45, 2.75) is 13.0 Å². The molecular formula is C18H16N2. The second kappa shape index (κ2) is 5.66. The Morgan fingerprint density at radius 1 is 0.900 bits per heavy atom. The maximum atomic E-state index is 4.59. The number of aliphatic imine (C=N–C) groups is 1. The van der Waals surface area contributed by atoms with Crippen LogP contribution < -0.4 is 0 Å². The molecule has 3 aromatic rings. The Bertz CT molecular complexity index is 733. The predicted octanol–water partition coefficient (Wildman–Crippen LogP) is 4.41. The molecule has 0 fully saturated rings. The number of para-hydroxylation sites is 1. The van der Waals surface area contributed by atoms with E-state index in [0.717, 1.165) is 16.6 Å². The summed E-state index contributed by atoms with van der Waals surface area (Å²) in [6.45, 7) is 2.09. The first-order valence-electron chi connectivity index (χ1n) is 6.77. The topological polar surface area (TPSA) is 25.2 Å². The average Bonchev–Trinajstić information content (AvgIpc) is 2.53. The Balaban J connectivity index is 1.83. The molecule has 1 atom stereocenters. The molecule has 0 spiro atoms. The molecule has 1 unspecified atom stereocenters.